The molecule has 118 valence electrons. The molecule has 1 fully saturated rings. The van der Waals surface area contributed by atoms with E-state index in [4.69, 9.17) is 0 Å². The molecule has 0 bridgehead atoms. The largest absolute Gasteiger partial charge is 0.313 e. The first-order chi connectivity index (χ1) is 10.2. The first-order valence-corrected chi connectivity index (χ1v) is 8.68. The van der Waals surface area contributed by atoms with Crippen LogP contribution in [0.3, 0.4) is 0 Å². The highest BCUT2D eigenvalue weighted by Gasteiger charge is 2.22. The highest BCUT2D eigenvalue weighted by molar-refractivity contribution is 5.27. The van der Waals surface area contributed by atoms with Gasteiger partial charge in [-0.3, -0.25) is 4.90 Å². The number of nitrogens with one attached hydrogen (secondary N) is 1. The number of hydrogen-bond donors (Lipinski definition) is 1. The lowest BCUT2D eigenvalue weighted by Crippen LogP contribution is -2.35. The van der Waals surface area contributed by atoms with E-state index in [1.807, 2.05) is 0 Å². The van der Waals surface area contributed by atoms with E-state index in [2.05, 4.69) is 55.4 Å². The zero-order valence-corrected chi connectivity index (χ0v) is 14.1. The van der Waals surface area contributed by atoms with E-state index in [-0.39, 0.29) is 0 Å². The molecule has 2 heteroatoms. The first-order valence-electron chi connectivity index (χ1n) is 8.68. The normalized spacial score (nSPS) is 22.7. The molecule has 1 aromatic rings. The van der Waals surface area contributed by atoms with Gasteiger partial charge < -0.3 is 5.32 Å². The van der Waals surface area contributed by atoms with Crippen LogP contribution in [0, 0.1) is 5.92 Å². The lowest BCUT2D eigenvalue weighted by atomic mass is 9.86. The molecule has 2 nitrogen and oxygen atoms in total. The monoisotopic (exact) mass is 288 g/mol. The van der Waals surface area contributed by atoms with Gasteiger partial charge in [-0.2, -0.15) is 0 Å². The van der Waals surface area contributed by atoms with E-state index in [1.54, 1.807) is 0 Å². The van der Waals surface area contributed by atoms with E-state index in [0.29, 0.717) is 0 Å². The number of benzene rings is 1. The van der Waals surface area contributed by atoms with Crippen LogP contribution < -0.4 is 5.32 Å². The molecule has 0 spiro atoms. The van der Waals surface area contributed by atoms with Gasteiger partial charge in [0.25, 0.3) is 0 Å². The highest BCUT2D eigenvalue weighted by atomic mass is 15.1. The second-order valence-corrected chi connectivity index (χ2v) is 6.79. The van der Waals surface area contributed by atoms with Crippen molar-refractivity contribution in [2.75, 3.05) is 13.6 Å². The van der Waals surface area contributed by atoms with Gasteiger partial charge in [0.2, 0.25) is 0 Å². The fourth-order valence-corrected chi connectivity index (χ4v) is 3.48. The topological polar surface area (TPSA) is 15.3 Å². The fourth-order valence-electron chi connectivity index (χ4n) is 3.48. The first kappa shape index (κ1) is 16.5. The Balaban J connectivity index is 1.94. The van der Waals surface area contributed by atoms with Gasteiger partial charge in [0.15, 0.2) is 0 Å². The Morgan fingerprint density at radius 2 is 1.95 bits per heavy atom. The van der Waals surface area contributed by atoms with Crippen molar-refractivity contribution in [3.05, 3.63) is 35.4 Å². The maximum absolute atomic E-state index is 3.53. The molecule has 0 aliphatic heterocycles. The van der Waals surface area contributed by atoms with Gasteiger partial charge in [-0.15, -0.1) is 0 Å². The molecule has 1 aromatic carbocycles. The summed E-state index contributed by atoms with van der Waals surface area (Å²) >= 11 is 0. The molecule has 0 heterocycles. The van der Waals surface area contributed by atoms with Crippen molar-refractivity contribution in [1.29, 1.82) is 0 Å². The minimum Gasteiger partial charge on any atom is -0.313 e. The summed E-state index contributed by atoms with van der Waals surface area (Å²) < 4.78 is 0. The van der Waals surface area contributed by atoms with Crippen molar-refractivity contribution in [2.45, 2.75) is 65.1 Å². The molecular formula is C19H32N2. The Morgan fingerprint density at radius 1 is 1.19 bits per heavy atom. The van der Waals surface area contributed by atoms with E-state index >= 15 is 0 Å². The van der Waals surface area contributed by atoms with E-state index in [0.717, 1.165) is 31.6 Å². The Bertz CT molecular complexity index is 416. The van der Waals surface area contributed by atoms with Gasteiger partial charge in [-0.05, 0) is 49.9 Å². The molecule has 1 aliphatic carbocycles. The molecule has 1 aliphatic rings. The number of rotatable bonds is 7. The van der Waals surface area contributed by atoms with Gasteiger partial charge in [-0.25, -0.2) is 0 Å². The molecule has 2 unspecified atom stereocenters. The highest BCUT2D eigenvalue weighted by Crippen LogP contribution is 2.27. The minimum absolute atomic E-state index is 0.769. The molecule has 0 radical (unpaired) electrons. The van der Waals surface area contributed by atoms with Crippen LogP contribution in [0.1, 0.15) is 57.1 Å². The summed E-state index contributed by atoms with van der Waals surface area (Å²) in [6.45, 7) is 7.81. The van der Waals surface area contributed by atoms with Crippen LogP contribution in [0.25, 0.3) is 0 Å². The minimum atomic E-state index is 0.769. The van der Waals surface area contributed by atoms with Gasteiger partial charge in [-0.1, -0.05) is 51.0 Å². The summed E-state index contributed by atoms with van der Waals surface area (Å²) in [7, 11) is 2.30. The summed E-state index contributed by atoms with van der Waals surface area (Å²) in [5, 5.41) is 3.53. The smallest absolute Gasteiger partial charge is 0.0236 e. The molecule has 0 saturated heterocycles. The van der Waals surface area contributed by atoms with Gasteiger partial charge >= 0.3 is 0 Å². The molecular weight excluding hydrogens is 256 g/mol. The van der Waals surface area contributed by atoms with E-state index in [9.17, 15) is 0 Å². The van der Waals surface area contributed by atoms with Gasteiger partial charge in [0, 0.05) is 19.1 Å². The van der Waals surface area contributed by atoms with Crippen LogP contribution in [0.15, 0.2) is 24.3 Å². The van der Waals surface area contributed by atoms with Crippen LogP contribution in [0.2, 0.25) is 0 Å². The quantitative estimate of drug-likeness (QED) is 0.757. The maximum Gasteiger partial charge on any atom is 0.0236 e. The zero-order chi connectivity index (χ0) is 15.1. The second kappa shape index (κ2) is 8.55. The van der Waals surface area contributed by atoms with Crippen LogP contribution in [-0.2, 0) is 13.1 Å². The van der Waals surface area contributed by atoms with Crippen molar-refractivity contribution < 1.29 is 0 Å². The lowest BCUT2D eigenvalue weighted by molar-refractivity contribution is 0.157. The molecule has 0 aromatic heterocycles. The van der Waals surface area contributed by atoms with Crippen molar-refractivity contribution in [3.63, 3.8) is 0 Å². The van der Waals surface area contributed by atoms with Gasteiger partial charge in [0.05, 0.1) is 0 Å². The standard InChI is InChI=1S/C19H32N2/c1-4-12-20-14-17-9-5-6-10-18(17)15-21(3)19-11-7-8-16(2)13-19/h5-6,9-10,16,19-20H,4,7-8,11-15H2,1-3H3. The Hall–Kier alpha value is -0.860. The molecule has 2 atom stereocenters. The van der Waals surface area contributed by atoms with E-state index in [1.165, 1.54) is 43.2 Å². The number of hydrogen-bond acceptors (Lipinski definition) is 2. The molecule has 21 heavy (non-hydrogen) atoms. The second-order valence-electron chi connectivity index (χ2n) is 6.79. The Kier molecular flexibility index (Phi) is 6.72. The predicted molar refractivity (Wildman–Crippen MR) is 91.3 cm³/mol. The fraction of sp³-hybridized carbons (Fsp3) is 0.684. The SMILES string of the molecule is CCCNCc1ccccc1CN(C)C1CCCC(C)C1. The van der Waals surface area contributed by atoms with E-state index < -0.39 is 0 Å². The van der Waals surface area contributed by atoms with Crippen molar-refractivity contribution in [3.8, 4) is 0 Å². The maximum atomic E-state index is 3.53. The summed E-state index contributed by atoms with van der Waals surface area (Å²) in [4.78, 5) is 2.58. The van der Waals surface area contributed by atoms with Crippen molar-refractivity contribution >= 4 is 0 Å². The third-order valence-electron chi connectivity index (χ3n) is 4.81. The van der Waals surface area contributed by atoms with Crippen LogP contribution in [-0.4, -0.2) is 24.5 Å². The third-order valence-corrected chi connectivity index (χ3v) is 4.81. The molecule has 0 amide bonds. The molecule has 2 rings (SSSR count). The molecule has 1 saturated carbocycles. The number of nitrogens with zero attached hydrogens (tertiary/aromatic N) is 1. The average Bonchev–Trinajstić information content (AvgIpc) is 2.49. The third kappa shape index (κ3) is 5.12. The van der Waals surface area contributed by atoms with Crippen LogP contribution >= 0.6 is 0 Å². The summed E-state index contributed by atoms with van der Waals surface area (Å²) in [5.74, 6) is 0.896. The summed E-state index contributed by atoms with van der Waals surface area (Å²) in [6.07, 6.45) is 6.75. The molecule has 1 N–H and O–H groups in total. The Morgan fingerprint density at radius 3 is 2.67 bits per heavy atom. The zero-order valence-electron chi connectivity index (χ0n) is 14.1. The average molecular weight is 288 g/mol. The summed E-state index contributed by atoms with van der Waals surface area (Å²) in [6, 6.07) is 9.68. The Labute approximate surface area is 130 Å². The van der Waals surface area contributed by atoms with Crippen molar-refractivity contribution in [1.82, 2.24) is 10.2 Å². The van der Waals surface area contributed by atoms with Gasteiger partial charge in [0.1, 0.15) is 0 Å². The summed E-state index contributed by atoms with van der Waals surface area (Å²) in [5.41, 5.74) is 2.95. The predicted octanol–water partition coefficient (Wildman–Crippen LogP) is 4.20. The van der Waals surface area contributed by atoms with Crippen LogP contribution in [0.4, 0.5) is 0 Å². The van der Waals surface area contributed by atoms with Crippen LogP contribution in [0.5, 0.6) is 0 Å². The lowest BCUT2D eigenvalue weighted by Gasteiger charge is -2.34. The van der Waals surface area contributed by atoms with Crippen molar-refractivity contribution in [2.24, 2.45) is 5.92 Å².